The van der Waals surface area contributed by atoms with E-state index in [-0.39, 0.29) is 11.7 Å². The maximum atomic E-state index is 13.0. The number of anilines is 1. The molecule has 0 heterocycles. The topological polar surface area (TPSA) is 29.1 Å². The number of rotatable bonds is 4. The Morgan fingerprint density at radius 2 is 1.95 bits per heavy atom. The molecule has 0 saturated carbocycles. The van der Waals surface area contributed by atoms with Crippen molar-refractivity contribution in [1.82, 2.24) is 0 Å². The molecule has 0 radical (unpaired) electrons. The van der Waals surface area contributed by atoms with Gasteiger partial charge in [0.1, 0.15) is 5.82 Å². The fourth-order valence-electron chi connectivity index (χ4n) is 1.74. The average molecular weight is 322 g/mol. The van der Waals surface area contributed by atoms with Crippen LogP contribution in [0.4, 0.5) is 10.1 Å². The molecule has 0 aliphatic heterocycles. The molecule has 1 amide bonds. The lowest BCUT2D eigenvalue weighted by Crippen LogP contribution is -2.12. The third-order valence-electron chi connectivity index (χ3n) is 2.64. The van der Waals surface area contributed by atoms with Gasteiger partial charge in [0.05, 0.1) is 0 Å². The lowest BCUT2D eigenvalue weighted by Gasteiger charge is -2.05. The summed E-state index contributed by atoms with van der Waals surface area (Å²) in [7, 11) is 0. The molecule has 0 bridgehead atoms. The van der Waals surface area contributed by atoms with Crippen molar-refractivity contribution < 1.29 is 9.18 Å². The summed E-state index contributed by atoms with van der Waals surface area (Å²) in [5, 5.41) is 2.80. The summed E-state index contributed by atoms with van der Waals surface area (Å²) in [5.41, 5.74) is 1.57. The summed E-state index contributed by atoms with van der Waals surface area (Å²) in [6.07, 6.45) is 0.855. The number of carbonyl (C=O) groups excluding carboxylic acids is 1. The second-order valence-corrected chi connectivity index (χ2v) is 5.10. The van der Waals surface area contributed by atoms with Gasteiger partial charge < -0.3 is 5.32 Å². The predicted molar refractivity (Wildman–Crippen MR) is 77.5 cm³/mol. The molecule has 0 saturated heterocycles. The van der Waals surface area contributed by atoms with Crippen LogP contribution in [0.3, 0.4) is 0 Å². The monoisotopic (exact) mass is 321 g/mol. The minimum atomic E-state index is -0.273. The van der Waals surface area contributed by atoms with Gasteiger partial charge in [-0.2, -0.15) is 0 Å². The number of halogens is 2. The lowest BCUT2D eigenvalue weighted by atomic mass is 10.1. The van der Waals surface area contributed by atoms with Gasteiger partial charge in [-0.1, -0.05) is 34.1 Å². The Hall–Kier alpha value is -1.68. The molecular weight excluding hydrogens is 309 g/mol. The fraction of sp³-hybridized carbons (Fsp3) is 0.133. The summed E-state index contributed by atoms with van der Waals surface area (Å²) in [6, 6.07) is 13.7. The first kappa shape index (κ1) is 13.7. The van der Waals surface area contributed by atoms with Gasteiger partial charge in [-0.15, -0.1) is 0 Å². The molecule has 19 heavy (non-hydrogen) atoms. The van der Waals surface area contributed by atoms with Crippen molar-refractivity contribution in [3.8, 4) is 0 Å². The first-order valence-corrected chi connectivity index (χ1v) is 6.72. The average Bonchev–Trinajstić information content (AvgIpc) is 2.36. The molecule has 1 N–H and O–H groups in total. The third kappa shape index (κ3) is 4.48. The normalized spacial score (nSPS) is 10.2. The second kappa shape index (κ2) is 6.48. The highest BCUT2D eigenvalue weighted by Crippen LogP contribution is 2.16. The molecule has 2 aromatic carbocycles. The van der Waals surface area contributed by atoms with Crippen molar-refractivity contribution >= 4 is 27.5 Å². The Morgan fingerprint density at radius 1 is 1.16 bits per heavy atom. The van der Waals surface area contributed by atoms with Gasteiger partial charge in [0, 0.05) is 16.6 Å². The number of benzene rings is 2. The van der Waals surface area contributed by atoms with E-state index in [9.17, 15) is 9.18 Å². The van der Waals surface area contributed by atoms with Crippen LogP contribution < -0.4 is 5.32 Å². The molecule has 0 atom stereocenters. The van der Waals surface area contributed by atoms with Crippen LogP contribution in [-0.4, -0.2) is 5.91 Å². The molecule has 0 aliphatic carbocycles. The Labute approximate surface area is 119 Å². The van der Waals surface area contributed by atoms with E-state index in [4.69, 9.17) is 0 Å². The van der Waals surface area contributed by atoms with Crippen LogP contribution in [-0.2, 0) is 11.2 Å². The smallest absolute Gasteiger partial charge is 0.224 e. The summed E-state index contributed by atoms with van der Waals surface area (Å²) >= 11 is 3.34. The molecule has 0 aromatic heterocycles. The minimum Gasteiger partial charge on any atom is -0.326 e. The molecule has 0 spiro atoms. The van der Waals surface area contributed by atoms with E-state index >= 15 is 0 Å². The van der Waals surface area contributed by atoms with Crippen LogP contribution in [0.25, 0.3) is 0 Å². The van der Waals surface area contributed by atoms with Crippen molar-refractivity contribution in [2.45, 2.75) is 12.8 Å². The number of nitrogens with one attached hydrogen (secondary N) is 1. The highest BCUT2D eigenvalue weighted by atomic mass is 79.9. The van der Waals surface area contributed by atoms with Gasteiger partial charge in [-0.05, 0) is 42.3 Å². The van der Waals surface area contributed by atoms with Gasteiger partial charge >= 0.3 is 0 Å². The van der Waals surface area contributed by atoms with E-state index in [0.29, 0.717) is 12.8 Å². The van der Waals surface area contributed by atoms with Crippen molar-refractivity contribution in [3.05, 3.63) is 64.4 Å². The van der Waals surface area contributed by atoms with Crippen molar-refractivity contribution in [2.75, 3.05) is 5.32 Å². The zero-order valence-corrected chi connectivity index (χ0v) is 11.8. The largest absolute Gasteiger partial charge is 0.326 e. The van der Waals surface area contributed by atoms with Crippen LogP contribution in [0.15, 0.2) is 53.0 Å². The molecule has 4 heteroatoms. The molecule has 2 rings (SSSR count). The van der Waals surface area contributed by atoms with Gasteiger partial charge in [0.15, 0.2) is 0 Å². The van der Waals surface area contributed by atoms with E-state index in [2.05, 4.69) is 21.2 Å². The third-order valence-corrected chi connectivity index (χ3v) is 3.13. The zero-order chi connectivity index (χ0) is 13.7. The highest BCUT2D eigenvalue weighted by molar-refractivity contribution is 9.10. The molecule has 0 unspecified atom stereocenters. The molecule has 0 aliphatic rings. The fourth-order valence-corrected chi connectivity index (χ4v) is 2.14. The van der Waals surface area contributed by atoms with Crippen LogP contribution >= 0.6 is 15.9 Å². The zero-order valence-electron chi connectivity index (χ0n) is 10.2. The summed E-state index contributed by atoms with van der Waals surface area (Å²) < 4.78 is 13.9. The SMILES string of the molecule is O=C(CCc1cccc(F)c1)Nc1cccc(Br)c1. The minimum absolute atomic E-state index is 0.0811. The number of hydrogen-bond acceptors (Lipinski definition) is 1. The van der Waals surface area contributed by atoms with Gasteiger partial charge in [-0.3, -0.25) is 4.79 Å². The summed E-state index contributed by atoms with van der Waals surface area (Å²) in [5.74, 6) is -0.354. The van der Waals surface area contributed by atoms with Crippen LogP contribution in [0.1, 0.15) is 12.0 Å². The Morgan fingerprint density at radius 3 is 2.68 bits per heavy atom. The molecule has 2 aromatic rings. The summed E-state index contributed by atoms with van der Waals surface area (Å²) in [6.45, 7) is 0. The summed E-state index contributed by atoms with van der Waals surface area (Å²) in [4.78, 5) is 11.8. The maximum absolute atomic E-state index is 13.0. The number of amides is 1. The van der Waals surface area contributed by atoms with E-state index in [0.717, 1.165) is 15.7 Å². The van der Waals surface area contributed by atoms with Crippen LogP contribution in [0.2, 0.25) is 0 Å². The molecular formula is C15H13BrFNO. The first-order chi connectivity index (χ1) is 9.13. The second-order valence-electron chi connectivity index (χ2n) is 4.19. The van der Waals surface area contributed by atoms with E-state index in [1.807, 2.05) is 30.3 Å². The Kier molecular flexibility index (Phi) is 4.68. The first-order valence-electron chi connectivity index (χ1n) is 5.93. The Bertz CT molecular complexity index is 586. The van der Waals surface area contributed by atoms with Crippen molar-refractivity contribution in [2.24, 2.45) is 0 Å². The molecule has 2 nitrogen and oxygen atoms in total. The van der Waals surface area contributed by atoms with Crippen LogP contribution in [0.5, 0.6) is 0 Å². The van der Waals surface area contributed by atoms with E-state index in [1.165, 1.54) is 12.1 Å². The van der Waals surface area contributed by atoms with Gasteiger partial charge in [0.25, 0.3) is 0 Å². The standard InChI is InChI=1S/C15H13BrFNO/c16-12-4-2-6-14(10-12)18-15(19)8-7-11-3-1-5-13(17)9-11/h1-6,9-10H,7-8H2,(H,18,19). The van der Waals surface area contributed by atoms with E-state index < -0.39 is 0 Å². The molecule has 98 valence electrons. The number of carbonyl (C=O) groups is 1. The quantitative estimate of drug-likeness (QED) is 0.900. The van der Waals surface area contributed by atoms with Crippen LogP contribution in [0, 0.1) is 5.82 Å². The predicted octanol–water partition coefficient (Wildman–Crippen LogP) is 4.16. The number of hydrogen-bond donors (Lipinski definition) is 1. The highest BCUT2D eigenvalue weighted by Gasteiger charge is 2.04. The lowest BCUT2D eigenvalue weighted by molar-refractivity contribution is -0.116. The van der Waals surface area contributed by atoms with Crippen molar-refractivity contribution in [1.29, 1.82) is 0 Å². The number of aryl methyl sites for hydroxylation is 1. The van der Waals surface area contributed by atoms with Gasteiger partial charge in [0.2, 0.25) is 5.91 Å². The van der Waals surface area contributed by atoms with Crippen molar-refractivity contribution in [3.63, 3.8) is 0 Å². The van der Waals surface area contributed by atoms with Gasteiger partial charge in [-0.25, -0.2) is 4.39 Å². The Balaban J connectivity index is 1.88. The molecule has 0 fully saturated rings. The maximum Gasteiger partial charge on any atom is 0.224 e. The van der Waals surface area contributed by atoms with E-state index in [1.54, 1.807) is 6.07 Å².